The van der Waals surface area contributed by atoms with Gasteiger partial charge in [0.05, 0.1) is 6.20 Å². The van der Waals surface area contributed by atoms with Gasteiger partial charge in [-0.3, -0.25) is 19.0 Å². The van der Waals surface area contributed by atoms with Crippen LogP contribution in [0.25, 0.3) is 16.9 Å². The van der Waals surface area contributed by atoms with Crippen molar-refractivity contribution in [3.63, 3.8) is 0 Å². The Balaban J connectivity index is 1.43. The van der Waals surface area contributed by atoms with E-state index >= 15 is 0 Å². The molecule has 0 aliphatic carbocycles. The third kappa shape index (κ3) is 4.89. The first kappa shape index (κ1) is 21.0. The number of amides is 2. The Bertz CT molecular complexity index is 1250. The topological polar surface area (TPSA) is 100 Å². The van der Waals surface area contributed by atoms with Gasteiger partial charge in [0.1, 0.15) is 17.3 Å². The summed E-state index contributed by atoms with van der Waals surface area (Å²) >= 11 is 0. The van der Waals surface area contributed by atoms with Crippen LogP contribution < -0.4 is 16.0 Å². The van der Waals surface area contributed by atoms with Gasteiger partial charge in [-0.1, -0.05) is 0 Å². The molecule has 2 aromatic heterocycles. The van der Waals surface area contributed by atoms with Gasteiger partial charge in [0.2, 0.25) is 11.8 Å². The molecule has 0 fully saturated rings. The molecule has 32 heavy (non-hydrogen) atoms. The normalized spacial score (nSPS) is 10.7. The first-order valence-electron chi connectivity index (χ1n) is 9.99. The first-order valence-corrected chi connectivity index (χ1v) is 9.99. The number of imidazole rings is 1. The molecule has 2 amide bonds. The number of nitrogens with zero attached hydrogens (tertiary/aromatic N) is 3. The number of nitrogens with one attached hydrogen (secondary N) is 3. The molecule has 0 saturated heterocycles. The second-order valence-corrected chi connectivity index (χ2v) is 7.10. The van der Waals surface area contributed by atoms with Gasteiger partial charge in [-0.2, -0.15) is 0 Å². The minimum Gasteiger partial charge on any atom is -0.369 e. The standard InChI is InChI=1S/C23H21FN6O2/c1-15(31)27-18-6-8-19(9-7-18)28-21(32)10-11-26-23-22(16-2-4-17(24)5-3-16)29-20-14-25-12-13-30(20)23/h2-9,12-14,26H,10-11H2,1H3,(H,27,31)(H,28,32). The number of hydrogen-bond acceptors (Lipinski definition) is 5. The van der Waals surface area contributed by atoms with Gasteiger partial charge < -0.3 is 16.0 Å². The molecule has 0 saturated carbocycles. The zero-order chi connectivity index (χ0) is 22.5. The smallest absolute Gasteiger partial charge is 0.226 e. The average molecular weight is 432 g/mol. The fourth-order valence-corrected chi connectivity index (χ4v) is 3.24. The molecule has 4 rings (SSSR count). The number of aromatic nitrogens is 3. The third-order valence-corrected chi connectivity index (χ3v) is 4.68. The largest absolute Gasteiger partial charge is 0.369 e. The third-order valence-electron chi connectivity index (χ3n) is 4.68. The molecule has 0 unspecified atom stereocenters. The molecule has 162 valence electrons. The molecule has 0 aliphatic heterocycles. The monoisotopic (exact) mass is 432 g/mol. The maximum absolute atomic E-state index is 13.3. The second-order valence-electron chi connectivity index (χ2n) is 7.10. The Morgan fingerprint density at radius 2 is 1.69 bits per heavy atom. The van der Waals surface area contributed by atoms with Crippen LogP contribution in [0, 0.1) is 5.82 Å². The fraction of sp³-hybridized carbons (Fsp3) is 0.130. The lowest BCUT2D eigenvalue weighted by molar-refractivity contribution is -0.116. The van der Waals surface area contributed by atoms with E-state index in [1.54, 1.807) is 55.0 Å². The number of rotatable bonds is 7. The van der Waals surface area contributed by atoms with E-state index < -0.39 is 0 Å². The van der Waals surface area contributed by atoms with Crippen LogP contribution in [0.15, 0.2) is 67.1 Å². The van der Waals surface area contributed by atoms with Crippen LogP contribution in [0.2, 0.25) is 0 Å². The fourth-order valence-electron chi connectivity index (χ4n) is 3.24. The SMILES string of the molecule is CC(=O)Nc1ccc(NC(=O)CCNc2c(-c3ccc(F)cc3)nc3cnccn23)cc1. The van der Waals surface area contributed by atoms with E-state index in [1.807, 2.05) is 4.40 Å². The summed E-state index contributed by atoms with van der Waals surface area (Å²) in [7, 11) is 0. The summed E-state index contributed by atoms with van der Waals surface area (Å²) in [6.07, 6.45) is 5.27. The molecule has 0 bridgehead atoms. The lowest BCUT2D eigenvalue weighted by atomic mass is 10.1. The predicted octanol–water partition coefficient (Wildman–Crippen LogP) is 3.93. The van der Waals surface area contributed by atoms with Crippen LogP contribution in [-0.4, -0.2) is 32.7 Å². The van der Waals surface area contributed by atoms with Crippen LogP contribution in [0.3, 0.4) is 0 Å². The quantitative estimate of drug-likeness (QED) is 0.411. The highest BCUT2D eigenvalue weighted by atomic mass is 19.1. The zero-order valence-electron chi connectivity index (χ0n) is 17.3. The van der Waals surface area contributed by atoms with Crippen molar-refractivity contribution in [2.24, 2.45) is 0 Å². The summed E-state index contributed by atoms with van der Waals surface area (Å²) in [5.74, 6) is 0.0524. The van der Waals surface area contributed by atoms with E-state index in [9.17, 15) is 14.0 Å². The second kappa shape index (κ2) is 9.25. The number of hydrogen-bond donors (Lipinski definition) is 3. The number of halogens is 1. The molecule has 8 nitrogen and oxygen atoms in total. The molecular weight excluding hydrogens is 411 g/mol. The highest BCUT2D eigenvalue weighted by Gasteiger charge is 2.14. The average Bonchev–Trinajstić information content (AvgIpc) is 3.14. The molecule has 3 N–H and O–H groups in total. The summed E-state index contributed by atoms with van der Waals surface area (Å²) < 4.78 is 15.2. The van der Waals surface area contributed by atoms with Crippen molar-refractivity contribution < 1.29 is 14.0 Å². The van der Waals surface area contributed by atoms with Gasteiger partial charge >= 0.3 is 0 Å². The summed E-state index contributed by atoms with van der Waals surface area (Å²) in [4.78, 5) is 32.1. The van der Waals surface area contributed by atoms with Crippen molar-refractivity contribution in [1.29, 1.82) is 0 Å². The predicted molar refractivity (Wildman–Crippen MR) is 121 cm³/mol. The minimum absolute atomic E-state index is 0.156. The number of benzene rings is 2. The molecule has 9 heteroatoms. The van der Waals surface area contributed by atoms with Gasteiger partial charge in [-0.25, -0.2) is 9.37 Å². The number of carbonyl (C=O) groups excluding carboxylic acids is 2. The summed E-state index contributed by atoms with van der Waals surface area (Å²) in [6.45, 7) is 1.80. The van der Waals surface area contributed by atoms with E-state index in [4.69, 9.17) is 0 Å². The van der Waals surface area contributed by atoms with Gasteiger partial charge in [-0.05, 0) is 48.5 Å². The van der Waals surface area contributed by atoms with Crippen LogP contribution in [0.5, 0.6) is 0 Å². The van der Waals surface area contributed by atoms with Gasteiger partial charge in [0, 0.05) is 49.2 Å². The molecule has 2 aromatic carbocycles. The van der Waals surface area contributed by atoms with Crippen LogP contribution >= 0.6 is 0 Å². The van der Waals surface area contributed by atoms with E-state index in [0.29, 0.717) is 35.1 Å². The van der Waals surface area contributed by atoms with E-state index in [2.05, 4.69) is 25.9 Å². The highest BCUT2D eigenvalue weighted by molar-refractivity contribution is 5.92. The van der Waals surface area contributed by atoms with Crippen LogP contribution in [0.4, 0.5) is 21.6 Å². The highest BCUT2D eigenvalue weighted by Crippen LogP contribution is 2.28. The maximum atomic E-state index is 13.3. The van der Waals surface area contributed by atoms with E-state index in [-0.39, 0.29) is 24.1 Å². The van der Waals surface area contributed by atoms with Crippen LogP contribution in [0.1, 0.15) is 13.3 Å². The summed E-state index contributed by atoms with van der Waals surface area (Å²) in [5, 5.41) is 8.77. The van der Waals surface area contributed by atoms with Crippen molar-refractivity contribution in [2.75, 3.05) is 22.5 Å². The minimum atomic E-state index is -0.324. The van der Waals surface area contributed by atoms with Gasteiger partial charge in [-0.15, -0.1) is 0 Å². The molecule has 2 heterocycles. The van der Waals surface area contributed by atoms with Crippen molar-refractivity contribution >= 4 is 34.7 Å². The zero-order valence-corrected chi connectivity index (χ0v) is 17.3. The summed E-state index contributed by atoms with van der Waals surface area (Å²) in [5.41, 5.74) is 3.33. The number of anilines is 3. The first-order chi connectivity index (χ1) is 15.5. The molecule has 0 spiro atoms. The van der Waals surface area contributed by atoms with Gasteiger partial charge in [0.25, 0.3) is 0 Å². The Morgan fingerprint density at radius 1 is 1.00 bits per heavy atom. The lowest BCUT2D eigenvalue weighted by Crippen LogP contribution is -2.17. The van der Waals surface area contributed by atoms with Crippen molar-refractivity contribution in [1.82, 2.24) is 14.4 Å². The Kier molecular flexibility index (Phi) is 6.07. The van der Waals surface area contributed by atoms with Crippen LogP contribution in [-0.2, 0) is 9.59 Å². The van der Waals surface area contributed by atoms with E-state index in [0.717, 1.165) is 5.56 Å². The van der Waals surface area contributed by atoms with Crippen molar-refractivity contribution in [3.05, 3.63) is 72.9 Å². The Hall–Kier alpha value is -4.27. The molecule has 0 atom stereocenters. The van der Waals surface area contributed by atoms with Crippen molar-refractivity contribution in [3.8, 4) is 11.3 Å². The Labute approximate surface area is 183 Å². The van der Waals surface area contributed by atoms with Crippen molar-refractivity contribution in [2.45, 2.75) is 13.3 Å². The lowest BCUT2D eigenvalue weighted by Gasteiger charge is -2.10. The van der Waals surface area contributed by atoms with E-state index in [1.165, 1.54) is 19.1 Å². The Morgan fingerprint density at radius 3 is 2.38 bits per heavy atom. The number of fused-ring (bicyclic) bond motifs is 1. The molecular formula is C23H21FN6O2. The van der Waals surface area contributed by atoms with Gasteiger partial charge in [0.15, 0.2) is 5.65 Å². The number of carbonyl (C=O) groups is 2. The molecule has 4 aromatic rings. The molecule has 0 radical (unpaired) electrons. The summed E-state index contributed by atoms with van der Waals surface area (Å²) in [6, 6.07) is 13.0. The molecule has 0 aliphatic rings. The maximum Gasteiger partial charge on any atom is 0.226 e.